The molecule has 21 heavy (non-hydrogen) atoms. The van der Waals surface area contributed by atoms with Gasteiger partial charge in [-0.15, -0.1) is 0 Å². The van der Waals surface area contributed by atoms with E-state index in [1.54, 1.807) is 12.1 Å². The van der Waals surface area contributed by atoms with Crippen molar-refractivity contribution in [3.63, 3.8) is 0 Å². The summed E-state index contributed by atoms with van der Waals surface area (Å²) < 4.78 is 21.2. The van der Waals surface area contributed by atoms with Crippen molar-refractivity contribution in [1.82, 2.24) is 0 Å². The van der Waals surface area contributed by atoms with Crippen LogP contribution in [-0.2, 0) is 14.3 Å². The molecule has 0 spiro atoms. The predicted molar refractivity (Wildman–Crippen MR) is 81.4 cm³/mol. The number of methoxy groups -OCH3 is 1. The van der Waals surface area contributed by atoms with Gasteiger partial charge in [-0.3, -0.25) is 0 Å². The van der Waals surface area contributed by atoms with E-state index in [1.165, 1.54) is 7.11 Å². The van der Waals surface area contributed by atoms with E-state index in [9.17, 15) is 4.79 Å². The number of esters is 1. The highest BCUT2D eigenvalue weighted by Gasteiger charge is 2.26. The monoisotopic (exact) mass is 310 g/mol. The van der Waals surface area contributed by atoms with Crippen LogP contribution in [0, 0.1) is 0 Å². The smallest absolute Gasteiger partial charge is 0.339 e. The van der Waals surface area contributed by atoms with Crippen LogP contribution in [0.3, 0.4) is 0 Å². The first-order valence-corrected chi connectivity index (χ1v) is 10.7. The second-order valence-electron chi connectivity index (χ2n) is 6.20. The second kappa shape index (κ2) is 6.49. The maximum absolute atomic E-state index is 12.0. The van der Waals surface area contributed by atoms with Crippen LogP contribution < -0.4 is 9.47 Å². The summed E-state index contributed by atoms with van der Waals surface area (Å²) in [6.45, 7) is 7.56. The summed E-state index contributed by atoms with van der Waals surface area (Å²) in [5.41, 5.74) is 0.724. The number of rotatable bonds is 6. The number of carbonyl (C=O) groups is 1. The lowest BCUT2D eigenvalue weighted by Crippen LogP contribution is -2.24. The number of benzene rings is 1. The minimum absolute atomic E-state index is 0.207. The summed E-state index contributed by atoms with van der Waals surface area (Å²) in [4.78, 5) is 12.0. The highest BCUT2D eigenvalue weighted by molar-refractivity contribution is 6.76. The van der Waals surface area contributed by atoms with Crippen molar-refractivity contribution in [1.29, 1.82) is 0 Å². The maximum atomic E-state index is 12.0. The van der Waals surface area contributed by atoms with Gasteiger partial charge in [0.15, 0.2) is 17.6 Å². The van der Waals surface area contributed by atoms with Gasteiger partial charge in [0.1, 0.15) is 0 Å². The molecule has 0 aliphatic carbocycles. The van der Waals surface area contributed by atoms with Crippen LogP contribution in [0.15, 0.2) is 18.2 Å². The van der Waals surface area contributed by atoms with Crippen molar-refractivity contribution in [2.24, 2.45) is 0 Å². The summed E-state index contributed by atoms with van der Waals surface area (Å²) >= 11 is 0. The highest BCUT2D eigenvalue weighted by Crippen LogP contribution is 2.35. The van der Waals surface area contributed by atoms with Crippen LogP contribution in [0.2, 0.25) is 25.7 Å². The topological polar surface area (TPSA) is 54.0 Å². The summed E-state index contributed by atoms with van der Waals surface area (Å²) in [5.74, 6) is 0.920. The minimum Gasteiger partial charge on any atom is -0.467 e. The first kappa shape index (κ1) is 15.8. The van der Waals surface area contributed by atoms with Gasteiger partial charge in [-0.25, -0.2) is 4.79 Å². The molecule has 1 heterocycles. The number of ether oxygens (including phenoxy) is 4. The molecule has 1 aliphatic heterocycles. The average molecular weight is 310 g/mol. The van der Waals surface area contributed by atoms with Gasteiger partial charge in [0.05, 0.1) is 7.11 Å². The Morgan fingerprint density at radius 1 is 1.29 bits per heavy atom. The zero-order valence-electron chi connectivity index (χ0n) is 13.0. The van der Waals surface area contributed by atoms with Crippen LogP contribution in [-0.4, -0.2) is 34.6 Å². The van der Waals surface area contributed by atoms with Gasteiger partial charge in [-0.1, -0.05) is 25.7 Å². The van der Waals surface area contributed by atoms with Crippen LogP contribution in [0.4, 0.5) is 0 Å². The Kier molecular flexibility index (Phi) is 4.90. The van der Waals surface area contributed by atoms with Gasteiger partial charge in [-0.05, 0) is 23.7 Å². The Morgan fingerprint density at radius 2 is 2.00 bits per heavy atom. The quantitative estimate of drug-likeness (QED) is 0.597. The Balaban J connectivity index is 2.10. The molecule has 1 aromatic carbocycles. The summed E-state index contributed by atoms with van der Waals surface area (Å²) in [6, 6.07) is 6.36. The predicted octanol–water partition coefficient (Wildman–Crippen LogP) is 2.98. The first-order valence-electron chi connectivity index (χ1n) is 7.00. The van der Waals surface area contributed by atoms with E-state index in [0.717, 1.165) is 11.6 Å². The number of fused-ring (bicyclic) bond motifs is 1. The van der Waals surface area contributed by atoms with E-state index in [0.29, 0.717) is 18.1 Å². The lowest BCUT2D eigenvalue weighted by molar-refractivity contribution is -0.154. The van der Waals surface area contributed by atoms with Gasteiger partial charge in [-0.2, -0.15) is 0 Å². The molecule has 0 saturated carbocycles. The van der Waals surface area contributed by atoms with Crippen molar-refractivity contribution in [3.05, 3.63) is 23.8 Å². The van der Waals surface area contributed by atoms with E-state index in [2.05, 4.69) is 19.6 Å². The molecule has 0 bridgehead atoms. The molecule has 116 valence electrons. The molecule has 0 amide bonds. The molecule has 5 nitrogen and oxygen atoms in total. The largest absolute Gasteiger partial charge is 0.467 e. The highest BCUT2D eigenvalue weighted by atomic mass is 28.3. The zero-order chi connectivity index (χ0) is 15.5. The van der Waals surface area contributed by atoms with Crippen molar-refractivity contribution < 1.29 is 23.7 Å². The van der Waals surface area contributed by atoms with Crippen LogP contribution >= 0.6 is 0 Å². The molecule has 1 atom stereocenters. The molecule has 0 saturated heterocycles. The minimum atomic E-state index is -1.21. The standard InChI is InChI=1S/C15H22O5Si/c1-17-15(16)14(18-7-8-21(2,3)4)11-5-6-12-13(9-11)20-10-19-12/h5-6,9,14H,7-8,10H2,1-4H3/t14-/m0/s1. The number of hydrogen-bond donors (Lipinski definition) is 0. The molecule has 6 heteroatoms. The van der Waals surface area contributed by atoms with Crippen LogP contribution in [0.25, 0.3) is 0 Å². The summed E-state index contributed by atoms with van der Waals surface area (Å²) in [5, 5.41) is 0. The van der Waals surface area contributed by atoms with E-state index >= 15 is 0 Å². The van der Waals surface area contributed by atoms with Crippen molar-refractivity contribution in [2.75, 3.05) is 20.5 Å². The fourth-order valence-corrected chi connectivity index (χ4v) is 2.70. The van der Waals surface area contributed by atoms with Crippen LogP contribution in [0.1, 0.15) is 11.7 Å². The number of hydrogen-bond acceptors (Lipinski definition) is 5. The Labute approximate surface area is 126 Å². The Bertz CT molecular complexity index is 509. The van der Waals surface area contributed by atoms with Gasteiger partial charge >= 0.3 is 5.97 Å². The summed E-state index contributed by atoms with van der Waals surface area (Å²) in [6.07, 6.45) is -0.721. The lowest BCUT2D eigenvalue weighted by Gasteiger charge is -2.20. The molecular weight excluding hydrogens is 288 g/mol. The van der Waals surface area contributed by atoms with E-state index in [-0.39, 0.29) is 6.79 Å². The van der Waals surface area contributed by atoms with E-state index in [4.69, 9.17) is 18.9 Å². The fourth-order valence-electron chi connectivity index (χ4n) is 1.97. The molecular formula is C15H22O5Si. The fraction of sp³-hybridized carbons (Fsp3) is 0.533. The normalized spacial score (nSPS) is 14.9. The van der Waals surface area contributed by atoms with Crippen LogP contribution in [0.5, 0.6) is 11.5 Å². The van der Waals surface area contributed by atoms with E-state index < -0.39 is 20.1 Å². The van der Waals surface area contributed by atoms with Crippen molar-refractivity contribution >= 4 is 14.0 Å². The number of carbonyl (C=O) groups excluding carboxylic acids is 1. The molecule has 1 aliphatic rings. The Hall–Kier alpha value is -1.53. The van der Waals surface area contributed by atoms with Gasteiger partial charge in [0.25, 0.3) is 0 Å². The maximum Gasteiger partial charge on any atom is 0.339 e. The molecule has 0 radical (unpaired) electrons. The van der Waals surface area contributed by atoms with Gasteiger partial charge in [0.2, 0.25) is 6.79 Å². The Morgan fingerprint density at radius 3 is 2.67 bits per heavy atom. The first-order chi connectivity index (χ1) is 9.90. The van der Waals surface area contributed by atoms with Gasteiger partial charge in [0, 0.05) is 14.7 Å². The molecule has 2 rings (SSSR count). The second-order valence-corrected chi connectivity index (χ2v) is 11.8. The third-order valence-electron chi connectivity index (χ3n) is 3.25. The van der Waals surface area contributed by atoms with Crippen molar-refractivity contribution in [3.8, 4) is 11.5 Å². The van der Waals surface area contributed by atoms with E-state index in [1.807, 2.05) is 6.07 Å². The molecule has 0 aromatic heterocycles. The van der Waals surface area contributed by atoms with Gasteiger partial charge < -0.3 is 18.9 Å². The third-order valence-corrected chi connectivity index (χ3v) is 4.96. The molecule has 0 fully saturated rings. The molecule has 1 aromatic rings. The zero-order valence-corrected chi connectivity index (χ0v) is 14.0. The average Bonchev–Trinajstić information content (AvgIpc) is 2.89. The molecule has 0 unspecified atom stereocenters. The lowest BCUT2D eigenvalue weighted by atomic mass is 10.1. The summed E-state index contributed by atoms with van der Waals surface area (Å²) in [7, 11) is 0.157. The SMILES string of the molecule is COC(=O)[C@@H](OCC[Si](C)(C)C)c1ccc2c(c1)OCO2. The molecule has 0 N–H and O–H groups in total. The third kappa shape index (κ3) is 4.22. The van der Waals surface area contributed by atoms with Crippen molar-refractivity contribution in [2.45, 2.75) is 31.8 Å².